The molecule has 0 atom stereocenters. The molecule has 0 unspecified atom stereocenters. The normalized spacial score (nSPS) is 13.3. The number of hydrogen-bond acceptors (Lipinski definition) is 4. The van der Waals surface area contributed by atoms with Gasteiger partial charge in [0.05, 0.1) is 5.56 Å². The van der Waals surface area contributed by atoms with E-state index in [-0.39, 0.29) is 18.4 Å². The molecule has 1 aliphatic rings. The Balaban J connectivity index is 1.29. The average Bonchev–Trinajstić information content (AvgIpc) is 2.88. The second-order valence-electron chi connectivity index (χ2n) is 8.10. The molecule has 3 aromatic rings. The summed E-state index contributed by atoms with van der Waals surface area (Å²) in [6, 6.07) is 24.5. The van der Waals surface area contributed by atoms with E-state index in [0.717, 1.165) is 24.3 Å². The van der Waals surface area contributed by atoms with E-state index in [2.05, 4.69) is 15.5 Å². The van der Waals surface area contributed by atoms with Gasteiger partial charge < -0.3 is 20.3 Å². The minimum Gasteiger partial charge on any atom is -0.483 e. The predicted octanol–water partition coefficient (Wildman–Crippen LogP) is 4.62. The van der Waals surface area contributed by atoms with Gasteiger partial charge in [0.1, 0.15) is 5.75 Å². The molecule has 6 heteroatoms. The minimum absolute atomic E-state index is 0.184. The lowest BCUT2D eigenvalue weighted by molar-refractivity contribution is -0.118. The minimum atomic E-state index is -0.278. The fraction of sp³-hybridized carbons (Fsp3) is 0.259. The van der Waals surface area contributed by atoms with Gasteiger partial charge in [-0.1, -0.05) is 42.5 Å². The monoisotopic (exact) mass is 443 g/mol. The molecule has 33 heavy (non-hydrogen) atoms. The molecule has 0 aromatic heterocycles. The first-order valence-corrected chi connectivity index (χ1v) is 11.4. The van der Waals surface area contributed by atoms with Crippen molar-refractivity contribution < 1.29 is 14.3 Å². The summed E-state index contributed by atoms with van der Waals surface area (Å²) >= 11 is 0. The Hall–Kier alpha value is -3.80. The smallest absolute Gasteiger partial charge is 0.262 e. The summed E-state index contributed by atoms with van der Waals surface area (Å²) < 4.78 is 5.68. The van der Waals surface area contributed by atoms with Crippen molar-refractivity contribution in [1.82, 2.24) is 5.32 Å². The lowest BCUT2D eigenvalue weighted by Crippen LogP contribution is -2.29. The number of piperidine rings is 1. The van der Waals surface area contributed by atoms with Gasteiger partial charge in [-0.05, 0) is 61.2 Å². The van der Waals surface area contributed by atoms with E-state index in [1.54, 1.807) is 24.3 Å². The molecule has 1 heterocycles. The summed E-state index contributed by atoms with van der Waals surface area (Å²) in [5.41, 5.74) is 3.31. The Morgan fingerprint density at radius 3 is 2.27 bits per heavy atom. The van der Waals surface area contributed by atoms with Gasteiger partial charge in [-0.3, -0.25) is 9.59 Å². The number of ether oxygens (including phenoxy) is 1. The molecule has 0 aliphatic carbocycles. The van der Waals surface area contributed by atoms with Crippen molar-refractivity contribution in [3.05, 3.63) is 90.0 Å². The number of carbonyl (C=O) groups is 2. The third kappa shape index (κ3) is 6.35. The standard InChI is InChI=1S/C27H29N3O3/c31-26(29-22-13-15-23(16-14-22)30-17-7-2-8-18-30)20-33-25-12-6-5-11-24(25)27(32)28-19-21-9-3-1-4-10-21/h1,3-6,9-16H,2,7-8,17-20H2,(H,28,32)(H,29,31). The molecule has 1 aliphatic heterocycles. The molecule has 6 nitrogen and oxygen atoms in total. The number of para-hydroxylation sites is 1. The van der Waals surface area contributed by atoms with Crippen LogP contribution >= 0.6 is 0 Å². The van der Waals surface area contributed by atoms with E-state index < -0.39 is 0 Å². The van der Waals surface area contributed by atoms with E-state index >= 15 is 0 Å². The lowest BCUT2D eigenvalue weighted by Gasteiger charge is -2.28. The molecule has 170 valence electrons. The van der Waals surface area contributed by atoms with Crippen molar-refractivity contribution in [3.63, 3.8) is 0 Å². The van der Waals surface area contributed by atoms with E-state index in [4.69, 9.17) is 4.74 Å². The second-order valence-corrected chi connectivity index (χ2v) is 8.10. The Kier molecular flexibility index (Phi) is 7.59. The maximum absolute atomic E-state index is 12.6. The van der Waals surface area contributed by atoms with Crippen LogP contribution in [0.1, 0.15) is 35.2 Å². The Bertz CT molecular complexity index is 1060. The maximum atomic E-state index is 12.6. The fourth-order valence-electron chi connectivity index (χ4n) is 3.90. The van der Waals surface area contributed by atoms with Crippen LogP contribution in [0.5, 0.6) is 5.75 Å². The number of nitrogens with one attached hydrogen (secondary N) is 2. The van der Waals surface area contributed by atoms with Gasteiger partial charge >= 0.3 is 0 Å². The molecule has 0 bridgehead atoms. The van der Waals surface area contributed by atoms with Gasteiger partial charge in [-0.25, -0.2) is 0 Å². The fourth-order valence-corrected chi connectivity index (χ4v) is 3.90. The molecule has 0 saturated carbocycles. The predicted molar refractivity (Wildman–Crippen MR) is 131 cm³/mol. The van der Waals surface area contributed by atoms with Gasteiger partial charge in [0.2, 0.25) is 0 Å². The third-order valence-corrected chi connectivity index (χ3v) is 5.66. The molecular weight excluding hydrogens is 414 g/mol. The highest BCUT2D eigenvalue weighted by Gasteiger charge is 2.14. The maximum Gasteiger partial charge on any atom is 0.262 e. The van der Waals surface area contributed by atoms with Crippen molar-refractivity contribution in [2.75, 3.05) is 29.9 Å². The van der Waals surface area contributed by atoms with Gasteiger partial charge in [0, 0.05) is 31.0 Å². The second kappa shape index (κ2) is 11.2. The molecule has 3 aromatic carbocycles. The number of rotatable bonds is 8. The number of anilines is 2. The van der Waals surface area contributed by atoms with Crippen LogP contribution in [-0.4, -0.2) is 31.5 Å². The molecule has 0 spiro atoms. The number of nitrogens with zero attached hydrogens (tertiary/aromatic N) is 1. The van der Waals surface area contributed by atoms with Crippen molar-refractivity contribution in [3.8, 4) is 5.75 Å². The molecular formula is C27H29N3O3. The Morgan fingerprint density at radius 1 is 0.818 bits per heavy atom. The number of amides is 2. The summed E-state index contributed by atoms with van der Waals surface area (Å²) in [6.45, 7) is 2.40. The van der Waals surface area contributed by atoms with E-state index in [0.29, 0.717) is 17.9 Å². The first kappa shape index (κ1) is 22.4. The van der Waals surface area contributed by atoms with Crippen LogP contribution in [0.2, 0.25) is 0 Å². The molecule has 1 fully saturated rings. The Morgan fingerprint density at radius 2 is 1.52 bits per heavy atom. The number of carbonyl (C=O) groups excluding carboxylic acids is 2. The zero-order chi connectivity index (χ0) is 22.9. The van der Waals surface area contributed by atoms with Crippen LogP contribution in [-0.2, 0) is 11.3 Å². The van der Waals surface area contributed by atoms with Gasteiger partial charge in [-0.2, -0.15) is 0 Å². The van der Waals surface area contributed by atoms with Gasteiger partial charge in [0.15, 0.2) is 6.61 Å². The molecule has 0 radical (unpaired) electrons. The van der Waals surface area contributed by atoms with E-state index in [9.17, 15) is 9.59 Å². The zero-order valence-electron chi connectivity index (χ0n) is 18.6. The van der Waals surface area contributed by atoms with Crippen LogP contribution in [0, 0.1) is 0 Å². The SMILES string of the molecule is O=C(COc1ccccc1C(=O)NCc1ccccc1)Nc1ccc(N2CCCCC2)cc1. The van der Waals surface area contributed by atoms with Crippen LogP contribution in [0.3, 0.4) is 0 Å². The largest absolute Gasteiger partial charge is 0.483 e. The summed E-state index contributed by atoms with van der Waals surface area (Å²) in [7, 11) is 0. The van der Waals surface area contributed by atoms with E-state index in [1.165, 1.54) is 24.9 Å². The molecule has 1 saturated heterocycles. The first-order chi connectivity index (χ1) is 16.2. The van der Waals surface area contributed by atoms with E-state index in [1.807, 2.05) is 54.6 Å². The van der Waals surface area contributed by atoms with Crippen molar-refractivity contribution in [2.45, 2.75) is 25.8 Å². The van der Waals surface area contributed by atoms with Crippen molar-refractivity contribution in [2.24, 2.45) is 0 Å². The molecule has 2 N–H and O–H groups in total. The van der Waals surface area contributed by atoms with Gasteiger partial charge in [0.25, 0.3) is 11.8 Å². The molecule has 2 amide bonds. The topological polar surface area (TPSA) is 70.7 Å². The lowest BCUT2D eigenvalue weighted by atomic mass is 10.1. The number of hydrogen-bond donors (Lipinski definition) is 2. The average molecular weight is 444 g/mol. The van der Waals surface area contributed by atoms with Crippen LogP contribution < -0.4 is 20.3 Å². The third-order valence-electron chi connectivity index (χ3n) is 5.66. The summed E-state index contributed by atoms with van der Waals surface area (Å²) in [5.74, 6) is -0.151. The van der Waals surface area contributed by atoms with Crippen LogP contribution in [0.4, 0.5) is 11.4 Å². The zero-order valence-corrected chi connectivity index (χ0v) is 18.6. The Labute approximate surface area is 194 Å². The highest BCUT2D eigenvalue weighted by molar-refractivity contribution is 5.97. The van der Waals surface area contributed by atoms with Gasteiger partial charge in [-0.15, -0.1) is 0 Å². The van der Waals surface area contributed by atoms with Crippen LogP contribution in [0.25, 0.3) is 0 Å². The highest BCUT2D eigenvalue weighted by atomic mass is 16.5. The number of benzene rings is 3. The summed E-state index contributed by atoms with van der Waals surface area (Å²) in [4.78, 5) is 27.4. The van der Waals surface area contributed by atoms with Crippen LogP contribution in [0.15, 0.2) is 78.9 Å². The molecule has 4 rings (SSSR count). The van der Waals surface area contributed by atoms with Crippen molar-refractivity contribution in [1.29, 1.82) is 0 Å². The summed E-state index contributed by atoms with van der Waals surface area (Å²) in [5, 5.41) is 5.75. The van der Waals surface area contributed by atoms with Crippen molar-refractivity contribution >= 4 is 23.2 Å². The quantitative estimate of drug-likeness (QED) is 0.533. The first-order valence-electron chi connectivity index (χ1n) is 11.4. The highest BCUT2D eigenvalue weighted by Crippen LogP contribution is 2.22. The summed E-state index contributed by atoms with van der Waals surface area (Å²) in [6.07, 6.45) is 3.74.